The maximum Gasteiger partial charge on any atom is 0.412 e. The molecule has 4 N–H and O–H groups in total. The summed E-state index contributed by atoms with van der Waals surface area (Å²) in [6, 6.07) is 12.0. The summed E-state index contributed by atoms with van der Waals surface area (Å²) in [7, 11) is 2.92. The minimum absolute atomic E-state index is 0.106. The van der Waals surface area contributed by atoms with Crippen molar-refractivity contribution in [3.8, 4) is 11.5 Å². The van der Waals surface area contributed by atoms with Gasteiger partial charge in [-0.05, 0) is 61.1 Å². The molecule has 2 amide bonds. The van der Waals surface area contributed by atoms with Crippen LogP contribution in [0.2, 0.25) is 0 Å². The number of hydroxylamine groups is 1. The van der Waals surface area contributed by atoms with Gasteiger partial charge in [0.2, 0.25) is 0 Å². The average Bonchev–Trinajstić information content (AvgIpc) is 2.83. The highest BCUT2D eigenvalue weighted by Crippen LogP contribution is 2.34. The van der Waals surface area contributed by atoms with Gasteiger partial charge in [0, 0.05) is 23.8 Å². The van der Waals surface area contributed by atoms with Gasteiger partial charge in [0.15, 0.2) is 17.6 Å². The zero-order chi connectivity index (χ0) is 24.2. The summed E-state index contributed by atoms with van der Waals surface area (Å²) in [6.45, 7) is 0. The molecule has 9 nitrogen and oxygen atoms in total. The van der Waals surface area contributed by atoms with Crippen LogP contribution in [0.3, 0.4) is 0 Å². The van der Waals surface area contributed by atoms with Gasteiger partial charge >= 0.3 is 6.09 Å². The van der Waals surface area contributed by atoms with Crippen molar-refractivity contribution in [3.05, 3.63) is 60.2 Å². The number of hydrogen-bond donors (Lipinski definition) is 4. The molecular formula is C23H28N2O7S. The second-order valence-corrected chi connectivity index (χ2v) is 7.72. The van der Waals surface area contributed by atoms with Crippen LogP contribution in [-0.2, 0) is 14.3 Å². The number of methoxy groups -OCH3 is 2. The lowest BCUT2D eigenvalue weighted by Gasteiger charge is -2.26. The smallest absolute Gasteiger partial charge is 0.412 e. The van der Waals surface area contributed by atoms with E-state index >= 15 is 0 Å². The molecule has 0 heterocycles. The molecule has 33 heavy (non-hydrogen) atoms. The third-order valence-electron chi connectivity index (χ3n) is 4.74. The average molecular weight is 477 g/mol. The summed E-state index contributed by atoms with van der Waals surface area (Å²) >= 11 is 1.59. The fourth-order valence-electron chi connectivity index (χ4n) is 3.06. The van der Waals surface area contributed by atoms with Crippen molar-refractivity contribution < 1.29 is 34.1 Å². The van der Waals surface area contributed by atoms with E-state index in [0.717, 1.165) is 4.90 Å². The van der Waals surface area contributed by atoms with Crippen molar-refractivity contribution in [2.24, 2.45) is 0 Å². The quantitative estimate of drug-likeness (QED) is 0.164. The van der Waals surface area contributed by atoms with Crippen molar-refractivity contribution in [2.75, 3.05) is 25.8 Å². The first-order valence-corrected chi connectivity index (χ1v) is 11.3. The summed E-state index contributed by atoms with van der Waals surface area (Å²) in [5.74, 6) is -0.475. The number of benzene rings is 2. The fourth-order valence-corrected chi connectivity index (χ4v) is 3.47. The lowest BCUT2D eigenvalue weighted by atomic mass is 9.99. The summed E-state index contributed by atoms with van der Waals surface area (Å²) in [5.41, 5.74) is 2.59. The van der Waals surface area contributed by atoms with E-state index < -0.39 is 24.2 Å². The third kappa shape index (κ3) is 8.01. The number of phenols is 1. The molecule has 2 aromatic rings. The van der Waals surface area contributed by atoms with E-state index in [1.807, 2.05) is 18.4 Å². The molecule has 0 unspecified atom stereocenters. The first kappa shape index (κ1) is 26.0. The number of ether oxygens (including phenoxy) is 3. The topological polar surface area (TPSA) is 126 Å². The second-order valence-electron chi connectivity index (χ2n) is 6.84. The van der Waals surface area contributed by atoms with Gasteiger partial charge in [-0.25, -0.2) is 10.3 Å². The maximum atomic E-state index is 12.7. The van der Waals surface area contributed by atoms with Crippen LogP contribution in [0.4, 0.5) is 10.5 Å². The summed E-state index contributed by atoms with van der Waals surface area (Å²) in [5, 5.41) is 21.5. The van der Waals surface area contributed by atoms with Crippen LogP contribution < -0.4 is 15.5 Å². The van der Waals surface area contributed by atoms with E-state index in [4.69, 9.17) is 19.4 Å². The number of carbonyl (C=O) groups excluding carboxylic acids is 2. The van der Waals surface area contributed by atoms with E-state index in [1.165, 1.54) is 31.8 Å². The Hall–Kier alpha value is -3.21. The predicted octanol–water partition coefficient (Wildman–Crippen LogP) is 4.27. The molecule has 0 saturated carbocycles. The lowest BCUT2D eigenvalue weighted by molar-refractivity contribution is -0.124. The van der Waals surface area contributed by atoms with Gasteiger partial charge in [-0.2, -0.15) is 0 Å². The van der Waals surface area contributed by atoms with Crippen LogP contribution in [0.25, 0.3) is 0 Å². The van der Waals surface area contributed by atoms with Gasteiger partial charge in [0.25, 0.3) is 5.91 Å². The molecule has 0 radical (unpaired) electrons. The predicted molar refractivity (Wildman–Crippen MR) is 125 cm³/mol. The molecule has 0 aliphatic carbocycles. The number of anilines is 1. The van der Waals surface area contributed by atoms with Crippen LogP contribution in [0.5, 0.6) is 11.5 Å². The third-order valence-corrected chi connectivity index (χ3v) is 5.48. The van der Waals surface area contributed by atoms with Gasteiger partial charge in [0.05, 0.1) is 13.2 Å². The Morgan fingerprint density at radius 3 is 2.45 bits per heavy atom. The second kappa shape index (κ2) is 13.4. The normalized spacial score (nSPS) is 12.7. The monoisotopic (exact) mass is 476 g/mol. The van der Waals surface area contributed by atoms with Crippen molar-refractivity contribution in [3.63, 3.8) is 0 Å². The molecule has 2 rings (SSSR count). The van der Waals surface area contributed by atoms with Crippen molar-refractivity contribution in [1.82, 2.24) is 5.48 Å². The molecule has 0 aliphatic rings. The first-order valence-electron chi connectivity index (χ1n) is 10.0. The molecule has 10 heteroatoms. The molecule has 0 aromatic heterocycles. The Balaban J connectivity index is 2.20. The minimum Gasteiger partial charge on any atom is -0.504 e. The number of allylic oxidation sites excluding steroid dienone is 1. The molecule has 0 aliphatic heterocycles. The van der Waals surface area contributed by atoms with Gasteiger partial charge < -0.3 is 19.3 Å². The summed E-state index contributed by atoms with van der Waals surface area (Å²) < 4.78 is 16.4. The molecular weight excluding hydrogens is 448 g/mol. The number of nitrogens with one attached hydrogen (secondary N) is 2. The number of phenolic OH excluding ortho intramolecular Hbond substituents is 1. The Morgan fingerprint density at radius 2 is 1.88 bits per heavy atom. The number of rotatable bonds is 11. The van der Waals surface area contributed by atoms with Gasteiger partial charge in [-0.3, -0.25) is 15.3 Å². The van der Waals surface area contributed by atoms with Gasteiger partial charge in [-0.1, -0.05) is 12.1 Å². The van der Waals surface area contributed by atoms with Crippen LogP contribution >= 0.6 is 11.8 Å². The number of thioether (sulfide) groups is 1. The highest BCUT2D eigenvalue weighted by Gasteiger charge is 2.28. The largest absolute Gasteiger partial charge is 0.504 e. The molecule has 0 bridgehead atoms. The number of hydrogen-bond acceptors (Lipinski definition) is 8. The van der Waals surface area contributed by atoms with E-state index in [1.54, 1.807) is 42.1 Å². The molecule has 0 spiro atoms. The maximum absolute atomic E-state index is 12.7. The molecule has 178 valence electrons. The molecule has 2 atom stereocenters. The standard InChI is InChI=1S/C23H28N2O7S/c1-30-19-13-8-15(14-18(19)26)22(20(31-2)6-4-5-7-21(27)25-29)32-23(28)24-16-9-11-17(33-3)12-10-16/h5,7-14,20,22,26,29H,4,6H2,1-3H3,(H,24,28)(H,25,27)/b7-5+/t20-,22-/m0/s1. The van der Waals surface area contributed by atoms with E-state index in [9.17, 15) is 14.7 Å². The van der Waals surface area contributed by atoms with Crippen LogP contribution in [0.15, 0.2) is 59.5 Å². The zero-order valence-electron chi connectivity index (χ0n) is 18.6. The van der Waals surface area contributed by atoms with Gasteiger partial charge in [-0.15, -0.1) is 11.8 Å². The van der Waals surface area contributed by atoms with Crippen LogP contribution in [-0.4, -0.2) is 48.9 Å². The fraction of sp³-hybridized carbons (Fsp3) is 0.304. The van der Waals surface area contributed by atoms with Crippen molar-refractivity contribution >= 4 is 29.4 Å². The van der Waals surface area contributed by atoms with E-state index in [-0.39, 0.29) is 11.5 Å². The Morgan fingerprint density at radius 1 is 1.15 bits per heavy atom. The Labute approximate surface area is 196 Å². The van der Waals surface area contributed by atoms with Gasteiger partial charge in [0.1, 0.15) is 0 Å². The Kier molecular flexibility index (Phi) is 10.5. The SMILES string of the molecule is COc1ccc([C@H](OC(=O)Nc2ccc(SC)cc2)[C@H](CC/C=C/C(=O)NO)OC)cc1O. The van der Waals surface area contributed by atoms with E-state index in [2.05, 4.69) is 5.32 Å². The van der Waals surface area contributed by atoms with Crippen molar-refractivity contribution in [2.45, 2.75) is 29.9 Å². The van der Waals surface area contributed by atoms with Crippen LogP contribution in [0, 0.1) is 0 Å². The highest BCUT2D eigenvalue weighted by molar-refractivity contribution is 7.98. The molecule has 2 aromatic carbocycles. The first-order chi connectivity index (χ1) is 15.9. The van der Waals surface area contributed by atoms with Crippen LogP contribution in [0.1, 0.15) is 24.5 Å². The number of carbonyl (C=O) groups is 2. The number of amides is 2. The minimum atomic E-state index is -0.864. The number of aromatic hydroxyl groups is 1. The Bertz CT molecular complexity index is 950. The highest BCUT2D eigenvalue weighted by atomic mass is 32.2. The summed E-state index contributed by atoms with van der Waals surface area (Å²) in [6.07, 6.45) is 3.36. The lowest BCUT2D eigenvalue weighted by Crippen LogP contribution is -2.28. The van der Waals surface area contributed by atoms with E-state index in [0.29, 0.717) is 24.1 Å². The molecule has 0 fully saturated rings. The zero-order valence-corrected chi connectivity index (χ0v) is 19.4. The molecule has 0 saturated heterocycles. The summed E-state index contributed by atoms with van der Waals surface area (Å²) in [4.78, 5) is 24.9. The van der Waals surface area contributed by atoms with Crippen molar-refractivity contribution in [1.29, 1.82) is 0 Å².